The van der Waals surface area contributed by atoms with E-state index in [9.17, 15) is 18.0 Å². The highest BCUT2D eigenvalue weighted by Gasteiger charge is 2.46. The number of nitrogens with zero attached hydrogens (tertiary/aromatic N) is 1. The van der Waals surface area contributed by atoms with Crippen molar-refractivity contribution in [2.75, 3.05) is 13.1 Å². The lowest BCUT2D eigenvalue weighted by molar-refractivity contribution is -0.138. The second-order valence-electron chi connectivity index (χ2n) is 8.52. The number of halogens is 3. The van der Waals surface area contributed by atoms with Crippen molar-refractivity contribution >= 4 is 5.78 Å². The molecule has 2 fully saturated rings. The first-order valence-corrected chi connectivity index (χ1v) is 9.02. The third-order valence-electron chi connectivity index (χ3n) is 6.02. The zero-order valence-electron chi connectivity index (χ0n) is 15.0. The van der Waals surface area contributed by atoms with Crippen molar-refractivity contribution in [2.24, 2.45) is 10.8 Å². The van der Waals surface area contributed by atoms with Crippen molar-refractivity contribution in [1.29, 1.82) is 0 Å². The predicted octanol–water partition coefficient (Wildman–Crippen LogP) is 5.07. The van der Waals surface area contributed by atoms with E-state index in [1.54, 1.807) is 12.1 Å². The summed E-state index contributed by atoms with van der Waals surface area (Å²) in [6.45, 7) is 6.56. The maximum atomic E-state index is 12.7. The van der Waals surface area contributed by atoms with E-state index < -0.39 is 11.7 Å². The number of alkyl halides is 3. The topological polar surface area (TPSA) is 20.3 Å². The Balaban J connectivity index is 1.67. The van der Waals surface area contributed by atoms with Gasteiger partial charge in [0.15, 0.2) is 0 Å². The number of carbonyl (C=O) groups excluding carboxylic acids is 1. The highest BCUT2D eigenvalue weighted by molar-refractivity contribution is 5.86. The summed E-state index contributed by atoms with van der Waals surface area (Å²) in [7, 11) is 0. The van der Waals surface area contributed by atoms with Crippen LogP contribution in [0.2, 0.25) is 0 Å². The fourth-order valence-corrected chi connectivity index (χ4v) is 4.15. The fraction of sp³-hybridized carbons (Fsp3) is 0.650. The van der Waals surface area contributed by atoms with Crippen LogP contribution in [0.3, 0.4) is 0 Å². The summed E-state index contributed by atoms with van der Waals surface area (Å²) < 4.78 is 38.0. The Labute approximate surface area is 147 Å². The Hall–Kier alpha value is -1.36. The number of hydrogen-bond donors (Lipinski definition) is 0. The van der Waals surface area contributed by atoms with Crippen LogP contribution < -0.4 is 0 Å². The van der Waals surface area contributed by atoms with Crippen molar-refractivity contribution in [3.63, 3.8) is 0 Å². The molecule has 1 aromatic carbocycles. The first-order valence-electron chi connectivity index (χ1n) is 9.02. The van der Waals surface area contributed by atoms with Gasteiger partial charge < -0.3 is 0 Å². The lowest BCUT2D eigenvalue weighted by Crippen LogP contribution is -2.51. The minimum atomic E-state index is -4.30. The van der Waals surface area contributed by atoms with Gasteiger partial charge in [-0.3, -0.25) is 9.69 Å². The molecule has 0 bridgehead atoms. The molecule has 0 unspecified atom stereocenters. The molecule has 0 aromatic heterocycles. The third kappa shape index (κ3) is 4.08. The van der Waals surface area contributed by atoms with Gasteiger partial charge in [0.1, 0.15) is 5.78 Å². The molecule has 0 radical (unpaired) electrons. The monoisotopic (exact) mass is 353 g/mol. The molecule has 0 atom stereocenters. The number of hydrogen-bond acceptors (Lipinski definition) is 2. The Morgan fingerprint density at radius 1 is 1.04 bits per heavy atom. The predicted molar refractivity (Wildman–Crippen MR) is 91.0 cm³/mol. The van der Waals surface area contributed by atoms with Gasteiger partial charge in [0.2, 0.25) is 0 Å². The molecule has 5 heteroatoms. The Kier molecular flexibility index (Phi) is 4.73. The zero-order chi connectivity index (χ0) is 18.3. The van der Waals surface area contributed by atoms with E-state index >= 15 is 0 Å². The van der Waals surface area contributed by atoms with Crippen LogP contribution in [-0.2, 0) is 17.5 Å². The molecule has 1 aliphatic heterocycles. The third-order valence-corrected chi connectivity index (χ3v) is 6.02. The van der Waals surface area contributed by atoms with E-state index in [0.717, 1.165) is 49.9 Å². The maximum absolute atomic E-state index is 12.7. The number of likely N-dealkylation sites (tertiary alicyclic amines) is 1. The molecule has 25 heavy (non-hydrogen) atoms. The average molecular weight is 353 g/mol. The zero-order valence-corrected chi connectivity index (χ0v) is 15.0. The molecule has 0 N–H and O–H groups in total. The normalized spacial score (nSPS) is 23.8. The smallest absolute Gasteiger partial charge is 0.299 e. The van der Waals surface area contributed by atoms with Crippen LogP contribution in [0.25, 0.3) is 0 Å². The van der Waals surface area contributed by atoms with E-state index in [1.165, 1.54) is 0 Å². The van der Waals surface area contributed by atoms with Crippen molar-refractivity contribution < 1.29 is 18.0 Å². The highest BCUT2D eigenvalue weighted by Crippen LogP contribution is 2.47. The minimum Gasteiger partial charge on any atom is -0.299 e. The Bertz CT molecular complexity index is 623. The molecule has 1 spiro atoms. The summed E-state index contributed by atoms with van der Waals surface area (Å²) in [6, 6.07) is 5.39. The summed E-state index contributed by atoms with van der Waals surface area (Å²) in [5.74, 6) is 0.381. The number of Topliss-reactive ketones (excluding diaryl/α,β-unsaturated/α-hetero) is 1. The van der Waals surface area contributed by atoms with E-state index in [-0.39, 0.29) is 5.41 Å². The van der Waals surface area contributed by atoms with Crippen molar-refractivity contribution in [1.82, 2.24) is 4.90 Å². The number of benzene rings is 1. The first-order chi connectivity index (χ1) is 11.6. The standard InChI is InChI=1S/C20H26F3NO/c1-18(2)8-10-19(11-9-18)14-24(12-7-17(19)25)13-15-3-5-16(6-4-15)20(21,22)23/h3-6H,7-14H2,1-2H3. The molecule has 2 aliphatic rings. The molecule has 138 valence electrons. The fourth-order valence-electron chi connectivity index (χ4n) is 4.15. The van der Waals surface area contributed by atoms with Crippen LogP contribution in [0, 0.1) is 10.8 Å². The van der Waals surface area contributed by atoms with E-state index in [1.807, 2.05) is 0 Å². The van der Waals surface area contributed by atoms with Gasteiger partial charge in [-0.05, 0) is 48.8 Å². The summed E-state index contributed by atoms with van der Waals surface area (Å²) in [5, 5.41) is 0. The number of carbonyl (C=O) groups is 1. The summed E-state index contributed by atoms with van der Waals surface area (Å²) >= 11 is 0. The van der Waals surface area contributed by atoms with Crippen LogP contribution in [0.5, 0.6) is 0 Å². The summed E-state index contributed by atoms with van der Waals surface area (Å²) in [6.07, 6.45) is 0.251. The van der Waals surface area contributed by atoms with Crippen LogP contribution in [0.1, 0.15) is 57.1 Å². The molecular weight excluding hydrogens is 327 g/mol. The van der Waals surface area contributed by atoms with Crippen molar-refractivity contribution in [3.8, 4) is 0 Å². The molecule has 3 rings (SSSR count). The summed E-state index contributed by atoms with van der Waals surface area (Å²) in [4.78, 5) is 14.8. The van der Waals surface area contributed by atoms with Gasteiger partial charge >= 0.3 is 6.18 Å². The van der Waals surface area contributed by atoms with Crippen LogP contribution >= 0.6 is 0 Å². The lowest BCUT2D eigenvalue weighted by Gasteiger charge is -2.47. The van der Waals surface area contributed by atoms with Gasteiger partial charge in [0.05, 0.1) is 5.56 Å². The Morgan fingerprint density at radius 3 is 2.20 bits per heavy atom. The molecule has 1 saturated heterocycles. The average Bonchev–Trinajstić information content (AvgIpc) is 2.53. The minimum absolute atomic E-state index is 0.236. The quantitative estimate of drug-likeness (QED) is 0.740. The van der Waals surface area contributed by atoms with Gasteiger partial charge in [-0.1, -0.05) is 26.0 Å². The lowest BCUT2D eigenvalue weighted by atomic mass is 9.62. The SMILES string of the molecule is CC1(C)CCC2(CC1)CN(Cc1ccc(C(F)(F)F)cc1)CCC2=O. The number of rotatable bonds is 2. The second-order valence-corrected chi connectivity index (χ2v) is 8.52. The van der Waals surface area contributed by atoms with Crippen molar-refractivity contribution in [2.45, 2.75) is 58.7 Å². The van der Waals surface area contributed by atoms with Crippen LogP contribution in [-0.4, -0.2) is 23.8 Å². The molecular formula is C20H26F3NO. The number of ketones is 1. The first kappa shape index (κ1) is 18.4. The molecule has 0 amide bonds. The van der Waals surface area contributed by atoms with Crippen LogP contribution in [0.15, 0.2) is 24.3 Å². The van der Waals surface area contributed by atoms with Gasteiger partial charge in [-0.15, -0.1) is 0 Å². The van der Waals surface area contributed by atoms with Gasteiger partial charge in [0, 0.05) is 31.5 Å². The van der Waals surface area contributed by atoms with E-state index in [4.69, 9.17) is 0 Å². The van der Waals surface area contributed by atoms with Crippen molar-refractivity contribution in [3.05, 3.63) is 35.4 Å². The van der Waals surface area contributed by atoms with Crippen LogP contribution in [0.4, 0.5) is 13.2 Å². The summed E-state index contributed by atoms with van der Waals surface area (Å²) in [5.41, 5.74) is 0.325. The maximum Gasteiger partial charge on any atom is 0.416 e. The molecule has 1 saturated carbocycles. The van der Waals surface area contributed by atoms with E-state index in [2.05, 4.69) is 18.7 Å². The molecule has 1 aliphatic carbocycles. The van der Waals surface area contributed by atoms with Gasteiger partial charge in [-0.25, -0.2) is 0 Å². The highest BCUT2D eigenvalue weighted by atomic mass is 19.4. The molecule has 1 aromatic rings. The molecule has 1 heterocycles. The van der Waals surface area contributed by atoms with Gasteiger partial charge in [0.25, 0.3) is 0 Å². The second kappa shape index (κ2) is 6.42. The Morgan fingerprint density at radius 2 is 1.64 bits per heavy atom. The van der Waals surface area contributed by atoms with E-state index in [0.29, 0.717) is 30.7 Å². The number of piperidine rings is 1. The van der Waals surface area contributed by atoms with Gasteiger partial charge in [-0.2, -0.15) is 13.2 Å². The largest absolute Gasteiger partial charge is 0.416 e. The molecule has 2 nitrogen and oxygen atoms in total.